The van der Waals surface area contributed by atoms with Crippen molar-refractivity contribution in [3.8, 4) is 0 Å². The van der Waals surface area contributed by atoms with Crippen molar-refractivity contribution in [1.82, 2.24) is 0 Å². The molecule has 2 aromatic rings. The smallest absolute Gasteiger partial charge is 0.197 e. The molecule has 12 heavy (non-hydrogen) atoms. The maximum Gasteiger partial charge on any atom is 0.197 e. The van der Waals surface area contributed by atoms with Crippen LogP contribution in [0.2, 0.25) is 0 Å². The standard InChI is InChI=1S/C10H8OS/c1-7-9(11)10(7)12-8-5-3-2-4-6-8/h2-6H,1H3. The second kappa shape index (κ2) is 2.79. The second-order valence-corrected chi connectivity index (χ2v) is 3.78. The minimum absolute atomic E-state index is 0.226. The Morgan fingerprint density at radius 1 is 1.17 bits per heavy atom. The molecule has 2 aromatic carbocycles. The van der Waals surface area contributed by atoms with Crippen LogP contribution in [0.3, 0.4) is 0 Å². The van der Waals surface area contributed by atoms with Gasteiger partial charge in [0.15, 0.2) is 5.43 Å². The van der Waals surface area contributed by atoms with Crippen LogP contribution in [0.1, 0.15) is 5.56 Å². The van der Waals surface area contributed by atoms with Crippen LogP contribution in [-0.2, 0) is 0 Å². The summed E-state index contributed by atoms with van der Waals surface area (Å²) >= 11 is 1.56. The van der Waals surface area contributed by atoms with E-state index < -0.39 is 0 Å². The normalized spacial score (nSPS) is 10.8. The van der Waals surface area contributed by atoms with Gasteiger partial charge in [0.1, 0.15) is 0 Å². The lowest BCUT2D eigenvalue weighted by atomic mass is 10.4. The summed E-state index contributed by atoms with van der Waals surface area (Å²) in [6, 6.07) is 9.95. The van der Waals surface area contributed by atoms with Gasteiger partial charge in [-0.3, -0.25) is 4.79 Å². The van der Waals surface area contributed by atoms with Crippen molar-refractivity contribution >= 4 is 11.8 Å². The zero-order valence-electron chi connectivity index (χ0n) is 6.70. The van der Waals surface area contributed by atoms with Crippen LogP contribution in [0.4, 0.5) is 0 Å². The molecule has 0 aliphatic carbocycles. The van der Waals surface area contributed by atoms with E-state index in [1.165, 1.54) is 0 Å². The first-order valence-electron chi connectivity index (χ1n) is 3.77. The Balaban J connectivity index is 2.16. The Kier molecular flexibility index (Phi) is 1.77. The Labute approximate surface area is 75.1 Å². The fourth-order valence-electron chi connectivity index (χ4n) is 0.966. The van der Waals surface area contributed by atoms with Crippen LogP contribution in [-0.4, -0.2) is 0 Å². The van der Waals surface area contributed by atoms with Crippen LogP contribution < -0.4 is 5.43 Å². The summed E-state index contributed by atoms with van der Waals surface area (Å²) in [5, 5.41) is 0. The Morgan fingerprint density at radius 2 is 1.75 bits per heavy atom. The van der Waals surface area contributed by atoms with Crippen LogP contribution in [0.25, 0.3) is 0 Å². The molecule has 0 bridgehead atoms. The highest BCUT2D eigenvalue weighted by molar-refractivity contribution is 7.99. The molecule has 0 radical (unpaired) electrons. The van der Waals surface area contributed by atoms with Crippen molar-refractivity contribution in [3.05, 3.63) is 46.1 Å². The molecule has 1 nitrogen and oxygen atoms in total. The first-order valence-corrected chi connectivity index (χ1v) is 4.59. The quantitative estimate of drug-likeness (QED) is 0.698. The molecule has 0 fully saturated rings. The molecule has 0 aliphatic rings. The Morgan fingerprint density at radius 3 is 2.25 bits per heavy atom. The molecule has 0 saturated carbocycles. The number of rotatable bonds is 2. The molecule has 0 N–H and O–H groups in total. The molecule has 2 heteroatoms. The molecular formula is C10H8OS. The Hall–Kier alpha value is -1.02. The highest BCUT2D eigenvalue weighted by Crippen LogP contribution is 2.30. The molecule has 0 saturated heterocycles. The van der Waals surface area contributed by atoms with Crippen LogP contribution in [0.15, 0.2) is 44.9 Å². The van der Waals surface area contributed by atoms with Crippen molar-refractivity contribution in [2.45, 2.75) is 16.7 Å². The molecule has 60 valence electrons. The van der Waals surface area contributed by atoms with Gasteiger partial charge in [0.2, 0.25) is 0 Å². The van der Waals surface area contributed by atoms with Crippen LogP contribution >= 0.6 is 11.8 Å². The molecule has 0 unspecified atom stereocenters. The van der Waals surface area contributed by atoms with Gasteiger partial charge in [-0.05, 0) is 19.1 Å². The van der Waals surface area contributed by atoms with Crippen molar-refractivity contribution in [2.75, 3.05) is 0 Å². The van der Waals surface area contributed by atoms with Crippen molar-refractivity contribution < 1.29 is 0 Å². The minimum atomic E-state index is 0.226. The maximum absolute atomic E-state index is 10.9. The topological polar surface area (TPSA) is 17.1 Å². The fourth-order valence-corrected chi connectivity index (χ4v) is 1.94. The van der Waals surface area contributed by atoms with E-state index in [1.54, 1.807) is 11.8 Å². The third-order valence-corrected chi connectivity index (χ3v) is 2.99. The van der Waals surface area contributed by atoms with Gasteiger partial charge in [0.05, 0.1) is 4.90 Å². The highest BCUT2D eigenvalue weighted by atomic mass is 32.2. The summed E-state index contributed by atoms with van der Waals surface area (Å²) in [5.74, 6) is 0. The predicted molar refractivity (Wildman–Crippen MR) is 50.4 cm³/mol. The first-order chi connectivity index (χ1) is 5.79. The van der Waals surface area contributed by atoms with Crippen LogP contribution in [0.5, 0.6) is 0 Å². The third kappa shape index (κ3) is 1.30. The van der Waals surface area contributed by atoms with Gasteiger partial charge in [0, 0.05) is 10.5 Å². The second-order valence-electron chi connectivity index (χ2n) is 2.70. The van der Waals surface area contributed by atoms with E-state index in [2.05, 4.69) is 0 Å². The number of hydrogen-bond acceptors (Lipinski definition) is 2. The Bertz CT molecular complexity index is 396. The molecule has 2 rings (SSSR count). The summed E-state index contributed by atoms with van der Waals surface area (Å²) in [6.45, 7) is 1.87. The lowest BCUT2D eigenvalue weighted by Crippen LogP contribution is -1.73. The summed E-state index contributed by atoms with van der Waals surface area (Å²) in [4.78, 5) is 13.0. The average Bonchev–Trinajstić information content (AvgIpc) is 2.65. The minimum Gasteiger partial charge on any atom is -0.288 e. The fraction of sp³-hybridized carbons (Fsp3) is 0.100. The van der Waals surface area contributed by atoms with Gasteiger partial charge in [-0.15, -0.1) is 0 Å². The van der Waals surface area contributed by atoms with E-state index in [9.17, 15) is 4.79 Å². The molecule has 0 amide bonds. The van der Waals surface area contributed by atoms with Gasteiger partial charge < -0.3 is 0 Å². The largest absolute Gasteiger partial charge is 0.288 e. The van der Waals surface area contributed by atoms with Gasteiger partial charge in [0.25, 0.3) is 0 Å². The van der Waals surface area contributed by atoms with Gasteiger partial charge in [-0.1, -0.05) is 30.0 Å². The summed E-state index contributed by atoms with van der Waals surface area (Å²) in [6.07, 6.45) is 0. The monoisotopic (exact) mass is 176 g/mol. The van der Waals surface area contributed by atoms with Crippen molar-refractivity contribution in [1.29, 1.82) is 0 Å². The zero-order chi connectivity index (χ0) is 8.55. The summed E-state index contributed by atoms with van der Waals surface area (Å²) in [7, 11) is 0. The van der Waals surface area contributed by atoms with Gasteiger partial charge >= 0.3 is 0 Å². The summed E-state index contributed by atoms with van der Waals surface area (Å²) < 4.78 is 0. The van der Waals surface area contributed by atoms with E-state index in [0.717, 1.165) is 15.4 Å². The highest BCUT2D eigenvalue weighted by Gasteiger charge is 2.17. The summed E-state index contributed by atoms with van der Waals surface area (Å²) in [5.41, 5.74) is 1.15. The lowest BCUT2D eigenvalue weighted by molar-refractivity contribution is 1.45. The molecule has 0 aliphatic heterocycles. The molecule has 0 spiro atoms. The lowest BCUT2D eigenvalue weighted by Gasteiger charge is -1.92. The van der Waals surface area contributed by atoms with E-state index in [1.807, 2.05) is 37.3 Å². The molecule has 0 aromatic heterocycles. The van der Waals surface area contributed by atoms with E-state index in [0.29, 0.717) is 0 Å². The molecule has 0 atom stereocenters. The first kappa shape index (κ1) is 7.62. The van der Waals surface area contributed by atoms with E-state index in [-0.39, 0.29) is 5.43 Å². The van der Waals surface area contributed by atoms with Crippen LogP contribution in [0, 0.1) is 6.92 Å². The SMILES string of the molecule is Cc1c(Sc2ccccc2)c1=O. The molecule has 0 heterocycles. The predicted octanol–water partition coefficient (Wildman–Crippen LogP) is 2.38. The van der Waals surface area contributed by atoms with E-state index >= 15 is 0 Å². The van der Waals surface area contributed by atoms with Crippen molar-refractivity contribution in [3.63, 3.8) is 0 Å². The molecular weight excluding hydrogens is 168 g/mol. The average molecular weight is 176 g/mol. The van der Waals surface area contributed by atoms with E-state index in [4.69, 9.17) is 0 Å². The zero-order valence-corrected chi connectivity index (χ0v) is 7.52. The maximum atomic E-state index is 10.9. The third-order valence-electron chi connectivity index (χ3n) is 1.79. The van der Waals surface area contributed by atoms with Crippen molar-refractivity contribution in [2.24, 2.45) is 0 Å². The van der Waals surface area contributed by atoms with Gasteiger partial charge in [-0.2, -0.15) is 0 Å². The van der Waals surface area contributed by atoms with Gasteiger partial charge in [-0.25, -0.2) is 0 Å². The number of benzene rings is 1. The number of hydrogen-bond donors (Lipinski definition) is 0.